The smallest absolute Gasteiger partial charge is 0.275 e. The van der Waals surface area contributed by atoms with E-state index in [1.165, 1.54) is 0 Å². The molecule has 0 saturated carbocycles. The number of aliphatic carboxylic acids is 1. The number of carbonyl (C=O) groups excluding carboxylic acids is 1. The topological polar surface area (TPSA) is 118 Å². The lowest BCUT2D eigenvalue weighted by atomic mass is 10.1. The van der Waals surface area contributed by atoms with Gasteiger partial charge in [-0.2, -0.15) is 0 Å². The number of hydrogen-bond donors (Lipinski definition) is 2. The van der Waals surface area contributed by atoms with Crippen LogP contribution in [-0.4, -0.2) is 27.0 Å². The van der Waals surface area contributed by atoms with Crippen molar-refractivity contribution in [3.8, 4) is 11.3 Å². The van der Waals surface area contributed by atoms with Crippen molar-refractivity contribution in [1.82, 2.24) is 14.5 Å². The average molecular weight is 392 g/mol. The number of H-pyrrole nitrogens is 1. The molecule has 0 fully saturated rings. The number of nitrogens with zero attached hydrogens (tertiary/aromatic N) is 2. The Bertz CT molecular complexity index is 1190. The number of aryl methyl sites for hydroxylation is 1. The number of quaternary nitrogens is 1. The number of benzene rings is 2. The highest BCUT2D eigenvalue weighted by Crippen LogP contribution is 2.28. The summed E-state index contributed by atoms with van der Waals surface area (Å²) in [6.45, 7) is 2.83. The van der Waals surface area contributed by atoms with Gasteiger partial charge in [-0.05, 0) is 38.0 Å². The Kier molecular flexibility index (Phi) is 6.41. The molecule has 4 N–H and O–H groups in total. The second-order valence-corrected chi connectivity index (χ2v) is 6.74. The molecule has 0 saturated heterocycles. The van der Waals surface area contributed by atoms with E-state index in [-0.39, 0.29) is 5.56 Å². The highest BCUT2D eigenvalue weighted by Gasteiger charge is 2.14. The fourth-order valence-corrected chi connectivity index (χ4v) is 3.29. The first-order chi connectivity index (χ1) is 14.0. The van der Waals surface area contributed by atoms with Gasteiger partial charge in [0.25, 0.3) is 5.56 Å². The third-order valence-corrected chi connectivity index (χ3v) is 4.54. The standard InChI is InChI=1S/C20H20N4O.C2H4O2/c21-11-5-6-12-24-13-15(14-7-1-4-10-18(14)24)19-20(25)23-17-9-3-2-8-16(17)22-19;1-2(3)4/h1-4,7-10,13H,5-6,11-12,21H2,(H,23,25);1H3,(H,3,4). The second-order valence-electron chi connectivity index (χ2n) is 6.74. The van der Waals surface area contributed by atoms with Crippen molar-refractivity contribution in [2.24, 2.45) is 0 Å². The zero-order valence-electron chi connectivity index (χ0n) is 16.4. The zero-order valence-corrected chi connectivity index (χ0v) is 16.4. The first-order valence-electron chi connectivity index (χ1n) is 9.55. The van der Waals surface area contributed by atoms with E-state index < -0.39 is 5.97 Å². The summed E-state index contributed by atoms with van der Waals surface area (Å²) in [6.07, 6.45) is 4.22. The average Bonchev–Trinajstić information content (AvgIpc) is 3.06. The quantitative estimate of drug-likeness (QED) is 0.498. The first-order valence-corrected chi connectivity index (χ1v) is 9.55. The summed E-state index contributed by atoms with van der Waals surface area (Å²) in [5.41, 5.74) is 7.81. The predicted molar refractivity (Wildman–Crippen MR) is 111 cm³/mol. The highest BCUT2D eigenvalue weighted by atomic mass is 16.4. The normalized spacial score (nSPS) is 10.7. The number of carbonyl (C=O) groups is 1. The lowest BCUT2D eigenvalue weighted by Gasteiger charge is -2.03. The Morgan fingerprint density at radius 3 is 2.59 bits per heavy atom. The molecule has 0 aliphatic carbocycles. The van der Waals surface area contributed by atoms with Crippen LogP contribution in [0.1, 0.15) is 19.8 Å². The Balaban J connectivity index is 0.000000552. The molecule has 2 heterocycles. The van der Waals surface area contributed by atoms with Gasteiger partial charge in [-0.25, -0.2) is 4.98 Å². The fraction of sp³-hybridized carbons (Fsp3) is 0.227. The van der Waals surface area contributed by atoms with Crippen LogP contribution in [0.3, 0.4) is 0 Å². The summed E-state index contributed by atoms with van der Waals surface area (Å²) in [5.74, 6) is -1.08. The van der Waals surface area contributed by atoms with E-state index in [1.54, 1.807) is 0 Å². The lowest BCUT2D eigenvalue weighted by Crippen LogP contribution is -2.50. The van der Waals surface area contributed by atoms with Crippen LogP contribution >= 0.6 is 0 Å². The van der Waals surface area contributed by atoms with Gasteiger partial charge in [0.05, 0.1) is 17.6 Å². The van der Waals surface area contributed by atoms with Crippen LogP contribution < -0.4 is 16.4 Å². The maximum absolute atomic E-state index is 12.6. The summed E-state index contributed by atoms with van der Waals surface area (Å²) >= 11 is 0. The number of carboxylic acids is 1. The highest BCUT2D eigenvalue weighted by molar-refractivity contribution is 5.95. The molecule has 2 aromatic carbocycles. The van der Waals surface area contributed by atoms with Crippen molar-refractivity contribution in [2.75, 3.05) is 6.54 Å². The Morgan fingerprint density at radius 2 is 1.83 bits per heavy atom. The molecular weight excluding hydrogens is 368 g/mol. The third-order valence-electron chi connectivity index (χ3n) is 4.54. The van der Waals surface area contributed by atoms with Gasteiger partial charge in [0.2, 0.25) is 0 Å². The maximum atomic E-state index is 12.6. The van der Waals surface area contributed by atoms with E-state index in [0.29, 0.717) is 5.69 Å². The van der Waals surface area contributed by atoms with E-state index in [2.05, 4.69) is 38.6 Å². The molecule has 4 aromatic rings. The molecule has 0 aliphatic heterocycles. The van der Waals surface area contributed by atoms with Crippen molar-refractivity contribution < 1.29 is 15.6 Å². The molecule has 7 nitrogen and oxygen atoms in total. The molecule has 4 rings (SSSR count). The number of hydrogen-bond acceptors (Lipinski definition) is 4. The summed E-state index contributed by atoms with van der Waals surface area (Å²) in [7, 11) is 0. The molecular formula is C22H24N4O3. The van der Waals surface area contributed by atoms with Crippen molar-refractivity contribution in [3.05, 3.63) is 65.1 Å². The van der Waals surface area contributed by atoms with Crippen LogP contribution in [0.2, 0.25) is 0 Å². The molecule has 0 atom stereocenters. The lowest BCUT2D eigenvalue weighted by molar-refractivity contribution is -0.368. The van der Waals surface area contributed by atoms with Crippen LogP contribution in [-0.2, 0) is 11.3 Å². The Hall–Kier alpha value is -3.45. The molecule has 7 heteroatoms. The molecule has 0 radical (unpaired) electrons. The van der Waals surface area contributed by atoms with Crippen molar-refractivity contribution in [2.45, 2.75) is 26.3 Å². The van der Waals surface area contributed by atoms with Crippen LogP contribution in [0.5, 0.6) is 0 Å². The minimum Gasteiger partial charge on any atom is -0.550 e. The molecule has 0 spiro atoms. The van der Waals surface area contributed by atoms with Crippen molar-refractivity contribution in [1.29, 1.82) is 0 Å². The van der Waals surface area contributed by atoms with Gasteiger partial charge in [0.15, 0.2) is 0 Å². The van der Waals surface area contributed by atoms with Gasteiger partial charge in [-0.15, -0.1) is 0 Å². The minimum absolute atomic E-state index is 0.153. The molecule has 0 aliphatic rings. The monoisotopic (exact) mass is 392 g/mol. The molecule has 150 valence electrons. The van der Waals surface area contributed by atoms with E-state index >= 15 is 0 Å². The van der Waals surface area contributed by atoms with E-state index in [0.717, 1.165) is 60.4 Å². The predicted octanol–water partition coefficient (Wildman–Crippen LogP) is 1.32. The molecule has 0 bridgehead atoms. The van der Waals surface area contributed by atoms with Crippen molar-refractivity contribution in [3.63, 3.8) is 0 Å². The van der Waals surface area contributed by atoms with E-state index in [1.807, 2.05) is 36.4 Å². The third kappa shape index (κ3) is 4.70. The van der Waals surface area contributed by atoms with Crippen LogP contribution in [0.25, 0.3) is 33.2 Å². The number of unbranched alkanes of at least 4 members (excludes halogenated alkanes) is 1. The van der Waals surface area contributed by atoms with Crippen LogP contribution in [0.4, 0.5) is 0 Å². The number of fused-ring (bicyclic) bond motifs is 2. The Morgan fingerprint density at radius 1 is 1.14 bits per heavy atom. The van der Waals surface area contributed by atoms with Gasteiger partial charge in [0.1, 0.15) is 5.69 Å². The zero-order chi connectivity index (χ0) is 20.8. The minimum atomic E-state index is -1.08. The SMILES string of the molecule is CC(=O)[O-].[NH3+]CCCCn1cc(-c2nc3ccccc3[nH]c2=O)c2ccccc21. The summed E-state index contributed by atoms with van der Waals surface area (Å²) in [6, 6.07) is 15.8. The largest absolute Gasteiger partial charge is 0.550 e. The van der Waals surface area contributed by atoms with Crippen molar-refractivity contribution >= 4 is 27.9 Å². The molecule has 2 aromatic heterocycles. The van der Waals surface area contributed by atoms with E-state index in [4.69, 9.17) is 9.90 Å². The summed E-state index contributed by atoms with van der Waals surface area (Å²) < 4.78 is 2.22. The maximum Gasteiger partial charge on any atom is 0.275 e. The van der Waals surface area contributed by atoms with Crippen LogP contribution in [0, 0.1) is 0 Å². The number of aromatic amines is 1. The number of nitrogens with one attached hydrogen (secondary N) is 1. The number of para-hydroxylation sites is 3. The Labute approximate surface area is 167 Å². The number of carboxylic acid groups (broad SMARTS) is 1. The summed E-state index contributed by atoms with van der Waals surface area (Å²) in [5, 5.41) is 9.95. The number of rotatable bonds is 5. The van der Waals surface area contributed by atoms with Crippen LogP contribution in [0.15, 0.2) is 59.5 Å². The second kappa shape index (κ2) is 9.16. The summed E-state index contributed by atoms with van der Waals surface area (Å²) in [4.78, 5) is 29.1. The number of aromatic nitrogens is 3. The fourth-order valence-electron chi connectivity index (χ4n) is 3.29. The van der Waals surface area contributed by atoms with Gasteiger partial charge >= 0.3 is 0 Å². The molecule has 0 amide bonds. The van der Waals surface area contributed by atoms with Gasteiger partial charge in [-0.3, -0.25) is 4.79 Å². The first kappa shape index (κ1) is 20.3. The molecule has 29 heavy (non-hydrogen) atoms. The van der Waals surface area contributed by atoms with E-state index in [9.17, 15) is 4.79 Å². The van der Waals surface area contributed by atoms with Gasteiger partial charge in [0, 0.05) is 35.2 Å². The molecule has 0 unspecified atom stereocenters. The van der Waals surface area contributed by atoms with Gasteiger partial charge in [-0.1, -0.05) is 30.3 Å². The van der Waals surface area contributed by atoms with Gasteiger partial charge < -0.3 is 25.2 Å².